The van der Waals surface area contributed by atoms with Crippen LogP contribution >= 0.6 is 36.2 Å². The number of ether oxygens (including phenoxy) is 2. The van der Waals surface area contributed by atoms with Crippen LogP contribution in [0.25, 0.3) is 10.6 Å². The fraction of sp³-hybridized carbons (Fsp3) is 0.412. The van der Waals surface area contributed by atoms with E-state index in [-0.39, 0.29) is 37.5 Å². The Kier molecular flexibility index (Phi) is 7.52. The zero-order chi connectivity index (χ0) is 16.4. The molecule has 2 aliphatic heterocycles. The van der Waals surface area contributed by atoms with Crippen molar-refractivity contribution < 1.29 is 14.3 Å². The van der Waals surface area contributed by atoms with Crippen molar-refractivity contribution in [3.05, 3.63) is 29.3 Å². The van der Waals surface area contributed by atoms with Crippen molar-refractivity contribution in [3.63, 3.8) is 0 Å². The number of rotatable bonds is 5. The molecular formula is C17H21Cl2N3O3S. The highest BCUT2D eigenvalue weighted by atomic mass is 35.5. The average molecular weight is 418 g/mol. The Morgan fingerprint density at radius 1 is 1.31 bits per heavy atom. The van der Waals surface area contributed by atoms with Gasteiger partial charge in [0.25, 0.3) is 0 Å². The Balaban J connectivity index is 0.00000121. The van der Waals surface area contributed by atoms with Gasteiger partial charge in [-0.3, -0.25) is 4.79 Å². The predicted octanol–water partition coefficient (Wildman–Crippen LogP) is 2.79. The standard InChI is InChI=1S/C17H19N3O3S.2ClH/c21-16(19-8-12-2-1-5-18-12)7-13-9-24-17(20-13)11-3-4-14-15(6-11)23-10-22-14;;/h3-4,6,9,12,18H,1-2,5,7-8,10H2,(H,19,21);2*1H. The number of nitrogens with zero attached hydrogens (tertiary/aromatic N) is 1. The molecule has 2 aromatic rings. The minimum absolute atomic E-state index is 0. The highest BCUT2D eigenvalue weighted by Gasteiger charge is 2.17. The maximum Gasteiger partial charge on any atom is 0.231 e. The van der Waals surface area contributed by atoms with Gasteiger partial charge in [0.15, 0.2) is 11.5 Å². The van der Waals surface area contributed by atoms with E-state index in [1.807, 2.05) is 23.6 Å². The Morgan fingerprint density at radius 2 is 2.15 bits per heavy atom. The largest absolute Gasteiger partial charge is 0.454 e. The number of nitrogens with one attached hydrogen (secondary N) is 2. The van der Waals surface area contributed by atoms with Gasteiger partial charge in [-0.2, -0.15) is 0 Å². The molecule has 1 amide bonds. The zero-order valence-electron chi connectivity index (χ0n) is 14.0. The van der Waals surface area contributed by atoms with Crippen LogP contribution in [0, 0.1) is 0 Å². The highest BCUT2D eigenvalue weighted by molar-refractivity contribution is 7.13. The molecule has 0 saturated carbocycles. The molecule has 1 aromatic heterocycles. The number of carbonyl (C=O) groups is 1. The molecule has 26 heavy (non-hydrogen) atoms. The maximum absolute atomic E-state index is 12.1. The first-order valence-corrected chi connectivity index (χ1v) is 9.00. The smallest absolute Gasteiger partial charge is 0.231 e. The number of carbonyl (C=O) groups excluding carboxylic acids is 1. The molecule has 3 heterocycles. The number of hydrogen-bond acceptors (Lipinski definition) is 6. The second-order valence-corrected chi connectivity index (χ2v) is 6.84. The molecule has 9 heteroatoms. The third-order valence-corrected chi connectivity index (χ3v) is 5.16. The Hall–Kier alpha value is -1.54. The lowest BCUT2D eigenvalue weighted by Gasteiger charge is -2.10. The van der Waals surface area contributed by atoms with Gasteiger partial charge < -0.3 is 20.1 Å². The molecule has 1 aromatic carbocycles. The summed E-state index contributed by atoms with van der Waals surface area (Å²) in [6.45, 7) is 2.00. The SMILES string of the molecule is Cl.Cl.O=C(Cc1csc(-c2ccc3c(c2)OCO3)n1)NCC1CCCN1. The van der Waals surface area contributed by atoms with Gasteiger partial charge in [-0.05, 0) is 37.6 Å². The first kappa shape index (κ1) is 20.8. The van der Waals surface area contributed by atoms with Gasteiger partial charge in [0.05, 0.1) is 12.1 Å². The topological polar surface area (TPSA) is 72.5 Å². The van der Waals surface area contributed by atoms with Crippen LogP contribution in [0.3, 0.4) is 0 Å². The Bertz CT molecular complexity index is 751. The zero-order valence-corrected chi connectivity index (χ0v) is 16.5. The van der Waals surface area contributed by atoms with Crippen LogP contribution < -0.4 is 20.1 Å². The fourth-order valence-electron chi connectivity index (χ4n) is 2.95. The van der Waals surface area contributed by atoms with Crippen LogP contribution in [0.4, 0.5) is 0 Å². The number of fused-ring (bicyclic) bond motifs is 1. The van der Waals surface area contributed by atoms with Gasteiger partial charge in [0.2, 0.25) is 12.7 Å². The molecule has 1 fully saturated rings. The third-order valence-electron chi connectivity index (χ3n) is 4.22. The second kappa shape index (κ2) is 9.41. The summed E-state index contributed by atoms with van der Waals surface area (Å²) in [5.41, 5.74) is 1.77. The van der Waals surface area contributed by atoms with Gasteiger partial charge in [0.1, 0.15) is 5.01 Å². The van der Waals surface area contributed by atoms with Crippen molar-refractivity contribution >= 4 is 42.1 Å². The predicted molar refractivity (Wildman–Crippen MR) is 106 cm³/mol. The molecule has 1 atom stereocenters. The average Bonchev–Trinajstić information content (AvgIpc) is 3.33. The number of hydrogen-bond donors (Lipinski definition) is 2. The van der Waals surface area contributed by atoms with Crippen LogP contribution in [0.1, 0.15) is 18.5 Å². The summed E-state index contributed by atoms with van der Waals surface area (Å²) in [4.78, 5) is 16.6. The van der Waals surface area contributed by atoms with Crippen molar-refractivity contribution in [1.29, 1.82) is 0 Å². The summed E-state index contributed by atoms with van der Waals surface area (Å²) in [5.74, 6) is 1.52. The van der Waals surface area contributed by atoms with Crippen molar-refractivity contribution in [2.24, 2.45) is 0 Å². The molecular weight excluding hydrogens is 397 g/mol. The fourth-order valence-corrected chi connectivity index (χ4v) is 3.76. The molecule has 6 nitrogen and oxygen atoms in total. The molecule has 2 N–H and O–H groups in total. The quantitative estimate of drug-likeness (QED) is 0.782. The van der Waals surface area contributed by atoms with Crippen molar-refractivity contribution in [2.75, 3.05) is 19.9 Å². The lowest BCUT2D eigenvalue weighted by atomic mass is 10.2. The molecule has 1 unspecified atom stereocenters. The van der Waals surface area contributed by atoms with E-state index in [0.29, 0.717) is 19.0 Å². The van der Waals surface area contributed by atoms with Gasteiger partial charge >= 0.3 is 0 Å². The van der Waals surface area contributed by atoms with E-state index in [0.717, 1.165) is 40.7 Å². The van der Waals surface area contributed by atoms with E-state index in [4.69, 9.17) is 9.47 Å². The van der Waals surface area contributed by atoms with E-state index >= 15 is 0 Å². The lowest BCUT2D eigenvalue weighted by molar-refractivity contribution is -0.120. The maximum atomic E-state index is 12.1. The molecule has 0 bridgehead atoms. The first-order valence-electron chi connectivity index (χ1n) is 8.12. The summed E-state index contributed by atoms with van der Waals surface area (Å²) < 4.78 is 10.7. The second-order valence-electron chi connectivity index (χ2n) is 5.99. The molecule has 0 radical (unpaired) electrons. The number of aromatic nitrogens is 1. The van der Waals surface area contributed by atoms with Crippen molar-refractivity contribution in [2.45, 2.75) is 25.3 Å². The molecule has 2 aliphatic rings. The highest BCUT2D eigenvalue weighted by Crippen LogP contribution is 2.36. The number of halogens is 2. The summed E-state index contributed by atoms with van der Waals surface area (Å²) >= 11 is 1.53. The van der Waals surface area contributed by atoms with E-state index in [1.165, 1.54) is 17.8 Å². The van der Waals surface area contributed by atoms with E-state index in [2.05, 4.69) is 15.6 Å². The van der Waals surface area contributed by atoms with E-state index in [1.54, 1.807) is 0 Å². The molecule has 1 saturated heterocycles. The monoisotopic (exact) mass is 417 g/mol. The minimum Gasteiger partial charge on any atom is -0.454 e. The van der Waals surface area contributed by atoms with Crippen molar-refractivity contribution in [1.82, 2.24) is 15.6 Å². The van der Waals surface area contributed by atoms with E-state index in [9.17, 15) is 4.79 Å². The van der Waals surface area contributed by atoms with Crippen LogP contribution in [-0.4, -0.2) is 36.8 Å². The molecule has 142 valence electrons. The normalized spacial score (nSPS) is 17.3. The van der Waals surface area contributed by atoms with Gasteiger partial charge in [-0.15, -0.1) is 36.2 Å². The van der Waals surface area contributed by atoms with Gasteiger partial charge in [-0.1, -0.05) is 0 Å². The lowest BCUT2D eigenvalue weighted by Crippen LogP contribution is -2.37. The van der Waals surface area contributed by atoms with Crippen LogP contribution in [-0.2, 0) is 11.2 Å². The molecule has 0 aliphatic carbocycles. The summed E-state index contributed by atoms with van der Waals surface area (Å²) in [6.07, 6.45) is 2.63. The Labute approximate surface area is 168 Å². The molecule has 4 rings (SSSR count). The van der Waals surface area contributed by atoms with Crippen LogP contribution in [0.15, 0.2) is 23.6 Å². The minimum atomic E-state index is 0. The van der Waals surface area contributed by atoms with Crippen LogP contribution in [0.2, 0.25) is 0 Å². The van der Waals surface area contributed by atoms with Gasteiger partial charge in [0, 0.05) is 23.5 Å². The number of thiazole rings is 1. The third kappa shape index (κ3) is 4.79. The van der Waals surface area contributed by atoms with E-state index < -0.39 is 0 Å². The first-order chi connectivity index (χ1) is 11.8. The number of amides is 1. The molecule has 0 spiro atoms. The van der Waals surface area contributed by atoms with Crippen molar-refractivity contribution in [3.8, 4) is 22.1 Å². The number of benzene rings is 1. The van der Waals surface area contributed by atoms with Crippen LogP contribution in [0.5, 0.6) is 11.5 Å². The summed E-state index contributed by atoms with van der Waals surface area (Å²) in [7, 11) is 0. The summed E-state index contributed by atoms with van der Waals surface area (Å²) in [6, 6.07) is 6.19. The summed E-state index contributed by atoms with van der Waals surface area (Å²) in [5, 5.41) is 9.17. The Morgan fingerprint density at radius 3 is 2.96 bits per heavy atom. The van der Waals surface area contributed by atoms with Gasteiger partial charge in [-0.25, -0.2) is 4.98 Å².